The fourth-order valence-electron chi connectivity index (χ4n) is 2.68. The Balaban J connectivity index is 1.73. The number of fused-ring (bicyclic) bond motifs is 1. The number of thioether (sulfide) groups is 2. The largest absolute Gasteiger partial charge is 0.477 e. The van der Waals surface area contributed by atoms with E-state index in [-0.39, 0.29) is 16.5 Å². The molecule has 1 aromatic rings. The lowest BCUT2D eigenvalue weighted by molar-refractivity contribution is -0.150. The van der Waals surface area contributed by atoms with E-state index in [4.69, 9.17) is 5.73 Å². The number of β-lactam (4-membered cyclic amide) rings is 1. The molecule has 1 saturated heterocycles. The summed E-state index contributed by atoms with van der Waals surface area (Å²) in [4.78, 5) is 53.1. The second-order valence-corrected chi connectivity index (χ2v) is 8.31. The number of aliphatic carboxylic acids is 1. The summed E-state index contributed by atoms with van der Waals surface area (Å²) in [7, 11) is 0. The Bertz CT molecular complexity index is 836. The molecule has 1 fully saturated rings. The highest BCUT2D eigenvalue weighted by molar-refractivity contribution is 8.00. The summed E-state index contributed by atoms with van der Waals surface area (Å²) in [5.41, 5.74) is 5.99. The van der Waals surface area contributed by atoms with Gasteiger partial charge in [-0.3, -0.25) is 19.3 Å². The number of carboxylic acids is 1. The molecule has 0 spiro atoms. The standard InChI is InChI=1S/C14H14N4O5S3/c1-24-2-5-3-25-12-7(11(21)18(12)8(5)13(22)23)17-10(20)9(19)6-4-26-14(15)16-6/h4,7,12H,2-3H2,1H3,(H2,15,16)(H,17,20)(H,22,23)/t7?,12-/m0/s1. The molecule has 2 aliphatic heterocycles. The van der Waals surface area contributed by atoms with Gasteiger partial charge < -0.3 is 16.2 Å². The van der Waals surface area contributed by atoms with Crippen molar-refractivity contribution in [1.82, 2.24) is 15.2 Å². The maximum absolute atomic E-state index is 12.4. The van der Waals surface area contributed by atoms with E-state index in [0.717, 1.165) is 11.3 Å². The third-order valence-electron chi connectivity index (χ3n) is 3.82. The van der Waals surface area contributed by atoms with Crippen LogP contribution < -0.4 is 11.1 Å². The van der Waals surface area contributed by atoms with E-state index in [1.807, 2.05) is 6.26 Å². The van der Waals surface area contributed by atoms with Gasteiger partial charge in [0.2, 0.25) is 0 Å². The first-order valence-corrected chi connectivity index (χ1v) is 10.6. The number of anilines is 1. The Labute approximate surface area is 160 Å². The molecule has 2 atom stereocenters. The Hall–Kier alpha value is -2.05. The second kappa shape index (κ2) is 7.29. The van der Waals surface area contributed by atoms with Gasteiger partial charge in [-0.15, -0.1) is 23.1 Å². The Kier molecular flexibility index (Phi) is 5.25. The van der Waals surface area contributed by atoms with Crippen LogP contribution in [0.2, 0.25) is 0 Å². The summed E-state index contributed by atoms with van der Waals surface area (Å²) < 4.78 is 0. The zero-order chi connectivity index (χ0) is 19.0. The van der Waals surface area contributed by atoms with E-state index in [1.54, 1.807) is 0 Å². The van der Waals surface area contributed by atoms with E-state index in [9.17, 15) is 24.3 Å². The minimum Gasteiger partial charge on any atom is -0.477 e. The molecule has 12 heteroatoms. The molecular formula is C14H14N4O5S3. The van der Waals surface area contributed by atoms with Crippen molar-refractivity contribution in [3.63, 3.8) is 0 Å². The number of carbonyl (C=O) groups excluding carboxylic acids is 3. The van der Waals surface area contributed by atoms with Gasteiger partial charge in [0.05, 0.1) is 0 Å². The predicted octanol–water partition coefficient (Wildman–Crippen LogP) is 0.00960. The number of nitrogen functional groups attached to an aromatic ring is 1. The first-order valence-electron chi connectivity index (χ1n) is 7.30. The zero-order valence-electron chi connectivity index (χ0n) is 13.4. The first-order chi connectivity index (χ1) is 12.3. The fourth-order valence-corrected chi connectivity index (χ4v) is 5.29. The highest BCUT2D eigenvalue weighted by Crippen LogP contribution is 2.40. The van der Waals surface area contributed by atoms with Gasteiger partial charge in [0, 0.05) is 16.9 Å². The van der Waals surface area contributed by atoms with Crippen molar-refractivity contribution in [2.45, 2.75) is 11.4 Å². The second-order valence-electron chi connectivity index (χ2n) is 5.45. The number of amides is 2. The molecule has 0 bridgehead atoms. The lowest BCUT2D eigenvalue weighted by Gasteiger charge is -2.49. The smallest absolute Gasteiger partial charge is 0.352 e. The topological polar surface area (TPSA) is 143 Å². The monoisotopic (exact) mass is 414 g/mol. The number of rotatable bonds is 6. The van der Waals surface area contributed by atoms with E-state index >= 15 is 0 Å². The van der Waals surface area contributed by atoms with Crippen LogP contribution in [-0.4, -0.2) is 67.7 Å². The van der Waals surface area contributed by atoms with Crippen LogP contribution in [0, 0.1) is 0 Å². The molecule has 1 unspecified atom stereocenters. The first kappa shape index (κ1) is 18.7. The van der Waals surface area contributed by atoms with E-state index in [0.29, 0.717) is 17.1 Å². The Morgan fingerprint density at radius 2 is 2.23 bits per heavy atom. The van der Waals surface area contributed by atoms with Crippen LogP contribution in [-0.2, 0) is 14.4 Å². The molecule has 0 aliphatic carbocycles. The summed E-state index contributed by atoms with van der Waals surface area (Å²) in [6.45, 7) is 0. The molecule has 9 nitrogen and oxygen atoms in total. The summed E-state index contributed by atoms with van der Waals surface area (Å²) >= 11 is 3.86. The molecule has 0 saturated carbocycles. The van der Waals surface area contributed by atoms with Crippen molar-refractivity contribution in [2.75, 3.05) is 23.5 Å². The van der Waals surface area contributed by atoms with Gasteiger partial charge >= 0.3 is 5.97 Å². The lowest BCUT2D eigenvalue weighted by atomic mass is 10.0. The number of Topliss-reactive ketones (excluding diaryl/α,β-unsaturated/α-hetero) is 1. The third kappa shape index (κ3) is 3.19. The molecule has 1 aromatic heterocycles. The van der Waals surface area contributed by atoms with Crippen molar-refractivity contribution in [1.29, 1.82) is 0 Å². The van der Waals surface area contributed by atoms with Gasteiger partial charge in [-0.25, -0.2) is 9.78 Å². The normalized spacial score (nSPS) is 21.9. The van der Waals surface area contributed by atoms with Crippen LogP contribution in [0.5, 0.6) is 0 Å². The number of nitrogens with two attached hydrogens (primary N) is 1. The highest BCUT2D eigenvalue weighted by Gasteiger charge is 2.54. The molecule has 2 amide bonds. The number of carboxylic acid groups (broad SMARTS) is 1. The van der Waals surface area contributed by atoms with Crippen LogP contribution in [0.4, 0.5) is 5.13 Å². The number of carbonyl (C=O) groups is 4. The molecular weight excluding hydrogens is 400 g/mol. The van der Waals surface area contributed by atoms with Gasteiger partial charge in [-0.05, 0) is 11.8 Å². The van der Waals surface area contributed by atoms with Gasteiger partial charge in [-0.2, -0.15) is 11.8 Å². The van der Waals surface area contributed by atoms with E-state index < -0.39 is 35.0 Å². The van der Waals surface area contributed by atoms with Gasteiger partial charge in [0.15, 0.2) is 5.13 Å². The summed E-state index contributed by atoms with van der Waals surface area (Å²) in [6.07, 6.45) is 1.85. The van der Waals surface area contributed by atoms with Crippen molar-refractivity contribution < 1.29 is 24.3 Å². The molecule has 2 aliphatic rings. The molecule has 4 N–H and O–H groups in total. The van der Waals surface area contributed by atoms with Crippen molar-refractivity contribution >= 4 is 63.6 Å². The van der Waals surface area contributed by atoms with E-state index in [1.165, 1.54) is 33.8 Å². The number of nitrogens with one attached hydrogen (secondary N) is 1. The summed E-state index contributed by atoms with van der Waals surface area (Å²) in [6, 6.07) is -0.947. The Morgan fingerprint density at radius 1 is 1.50 bits per heavy atom. The summed E-state index contributed by atoms with van der Waals surface area (Å²) in [5.74, 6) is -2.62. The predicted molar refractivity (Wildman–Crippen MR) is 98.9 cm³/mol. The third-order valence-corrected chi connectivity index (χ3v) is 6.47. The molecule has 0 aromatic carbocycles. The minimum absolute atomic E-state index is 0.0304. The number of aromatic nitrogens is 1. The van der Waals surface area contributed by atoms with Crippen molar-refractivity contribution in [3.8, 4) is 0 Å². The number of hydrogen-bond acceptors (Lipinski definition) is 9. The van der Waals surface area contributed by atoms with Gasteiger partial charge in [0.25, 0.3) is 17.6 Å². The highest BCUT2D eigenvalue weighted by atomic mass is 32.2. The maximum Gasteiger partial charge on any atom is 0.352 e. The van der Waals surface area contributed by atoms with Crippen molar-refractivity contribution in [2.24, 2.45) is 0 Å². The lowest BCUT2D eigenvalue weighted by Crippen LogP contribution is -2.71. The molecule has 3 heterocycles. The zero-order valence-corrected chi connectivity index (χ0v) is 15.9. The number of thiazole rings is 1. The maximum atomic E-state index is 12.4. The molecule has 138 valence electrons. The average Bonchev–Trinajstić information content (AvgIpc) is 3.04. The minimum atomic E-state index is -1.17. The van der Waals surface area contributed by atoms with Crippen LogP contribution in [0.3, 0.4) is 0 Å². The van der Waals surface area contributed by atoms with Crippen LogP contribution >= 0.6 is 34.9 Å². The van der Waals surface area contributed by atoms with Crippen LogP contribution in [0.25, 0.3) is 0 Å². The Morgan fingerprint density at radius 3 is 2.81 bits per heavy atom. The van der Waals surface area contributed by atoms with Gasteiger partial charge in [0.1, 0.15) is 22.8 Å². The van der Waals surface area contributed by atoms with Crippen LogP contribution in [0.15, 0.2) is 16.7 Å². The SMILES string of the molecule is CSCC1=C(C(=O)O)N2C(=O)C(NC(=O)C(=O)c3csc(N)n3)[C@@H]2SC1. The summed E-state index contributed by atoms with van der Waals surface area (Å²) in [5, 5.41) is 12.8. The molecule has 3 rings (SSSR count). The van der Waals surface area contributed by atoms with E-state index in [2.05, 4.69) is 10.3 Å². The quantitative estimate of drug-likeness (QED) is 0.333. The number of hydrogen-bond donors (Lipinski definition) is 3. The number of ketones is 1. The van der Waals surface area contributed by atoms with Crippen molar-refractivity contribution in [3.05, 3.63) is 22.3 Å². The van der Waals surface area contributed by atoms with Gasteiger partial charge in [-0.1, -0.05) is 0 Å². The molecule has 0 radical (unpaired) electrons. The molecule has 26 heavy (non-hydrogen) atoms. The van der Waals surface area contributed by atoms with Crippen LogP contribution in [0.1, 0.15) is 10.5 Å². The average molecular weight is 414 g/mol. The fraction of sp³-hybridized carbons (Fsp3) is 0.357. The number of nitrogens with zero attached hydrogens (tertiary/aromatic N) is 2.